The number of carbonyl (C=O) groups is 1. The Balaban J connectivity index is 2.69. The molecule has 0 fully saturated rings. The third-order valence-corrected chi connectivity index (χ3v) is 2.13. The monoisotopic (exact) mass is 217 g/mol. The largest absolute Gasteiger partial charge is 0.434 e. The van der Waals surface area contributed by atoms with Crippen LogP contribution in [0.15, 0.2) is 18.2 Å². The van der Waals surface area contributed by atoms with Crippen LogP contribution in [-0.2, 0) is 10.8 Å². The topological polar surface area (TPSA) is 29.5 Å². The first-order valence-electron chi connectivity index (χ1n) is 4.07. The maximum Gasteiger partial charge on any atom is 0.434 e. The summed E-state index contributed by atoms with van der Waals surface area (Å²) in [6.07, 6.45) is -5.12. The lowest BCUT2D eigenvalue weighted by atomic mass is 10.1. The van der Waals surface area contributed by atoms with Crippen LogP contribution in [0.5, 0.6) is 0 Å². The molecule has 0 N–H and O–H groups in total. The molecule has 1 amide bonds. The summed E-state index contributed by atoms with van der Waals surface area (Å²) in [5.74, 6) is -1.10. The van der Waals surface area contributed by atoms with Gasteiger partial charge >= 0.3 is 12.2 Å². The number of amides is 1. The van der Waals surface area contributed by atoms with Gasteiger partial charge in [0.05, 0.1) is 5.69 Å². The van der Waals surface area contributed by atoms with Crippen LogP contribution < -0.4 is 4.90 Å². The molecule has 80 valence electrons. The summed E-state index contributed by atoms with van der Waals surface area (Å²) in [5, 5.41) is 0. The van der Waals surface area contributed by atoms with Crippen LogP contribution >= 0.6 is 0 Å². The summed E-state index contributed by atoms with van der Waals surface area (Å²) < 4.78 is 43.3. The van der Waals surface area contributed by atoms with Crippen molar-refractivity contribution in [1.29, 1.82) is 0 Å². The molecule has 0 unspecified atom stereocenters. The fraction of sp³-hybridized carbons (Fsp3) is 0.222. The minimum atomic E-state index is -3.91. The lowest BCUT2D eigenvalue weighted by Gasteiger charge is -2.30. The normalized spacial score (nSPS) is 18.4. The van der Waals surface area contributed by atoms with Gasteiger partial charge in [0.1, 0.15) is 11.4 Å². The molecule has 6 heteroatoms. The van der Waals surface area contributed by atoms with Crippen LogP contribution in [0.2, 0.25) is 0 Å². The minimum absolute atomic E-state index is 0.184. The third kappa shape index (κ3) is 1.33. The molecular formula is C9H6F3NO2. The zero-order valence-electron chi connectivity index (χ0n) is 7.63. The van der Waals surface area contributed by atoms with Crippen molar-refractivity contribution >= 4 is 11.8 Å². The van der Waals surface area contributed by atoms with Gasteiger partial charge in [-0.25, -0.2) is 9.18 Å². The first kappa shape index (κ1) is 9.82. The van der Waals surface area contributed by atoms with E-state index in [2.05, 4.69) is 4.74 Å². The van der Waals surface area contributed by atoms with Crippen LogP contribution in [0, 0.1) is 5.82 Å². The molecule has 0 atom stereocenters. The lowest BCUT2D eigenvalue weighted by Crippen LogP contribution is -2.40. The van der Waals surface area contributed by atoms with E-state index in [-0.39, 0.29) is 5.69 Å². The molecule has 0 spiro atoms. The fourth-order valence-corrected chi connectivity index (χ4v) is 1.41. The minimum Gasteiger partial charge on any atom is -0.380 e. The first-order valence-corrected chi connectivity index (χ1v) is 4.07. The Labute approximate surface area is 83.1 Å². The van der Waals surface area contributed by atoms with E-state index in [0.717, 1.165) is 11.0 Å². The number of hydrogen-bond donors (Lipinski definition) is 0. The molecule has 0 radical (unpaired) electrons. The summed E-state index contributed by atoms with van der Waals surface area (Å²) in [7, 11) is 1.23. The number of anilines is 1. The first-order chi connectivity index (χ1) is 6.93. The van der Waals surface area contributed by atoms with Crippen molar-refractivity contribution in [3.63, 3.8) is 0 Å². The number of nitrogens with zero attached hydrogens (tertiary/aromatic N) is 1. The number of carbonyl (C=O) groups excluding carboxylic acids is 1. The molecule has 1 aromatic rings. The average molecular weight is 217 g/mol. The van der Waals surface area contributed by atoms with E-state index in [1.165, 1.54) is 19.2 Å². The van der Waals surface area contributed by atoms with Crippen LogP contribution in [0.25, 0.3) is 0 Å². The highest BCUT2D eigenvalue weighted by atomic mass is 19.3. The Bertz CT molecular complexity index is 433. The standard InChI is InChI=1S/C9H6F3NO2/c1-13-6-4-2-3-5(10)7(6)9(11,12)15-8(13)14/h2-4H,1H3. The van der Waals surface area contributed by atoms with Crippen LogP contribution in [0.1, 0.15) is 5.56 Å². The van der Waals surface area contributed by atoms with Crippen molar-refractivity contribution in [3.05, 3.63) is 29.6 Å². The molecule has 1 heterocycles. The zero-order chi connectivity index (χ0) is 11.2. The fourth-order valence-electron chi connectivity index (χ4n) is 1.41. The number of ether oxygens (including phenoxy) is 1. The molecule has 0 aromatic heterocycles. The molecule has 1 aromatic carbocycles. The van der Waals surface area contributed by atoms with E-state index in [9.17, 15) is 18.0 Å². The maximum atomic E-state index is 13.2. The zero-order valence-corrected chi connectivity index (χ0v) is 7.63. The smallest absolute Gasteiger partial charge is 0.380 e. The van der Waals surface area contributed by atoms with Gasteiger partial charge in [-0.3, -0.25) is 4.90 Å². The molecule has 2 rings (SSSR count). The second kappa shape index (κ2) is 2.88. The maximum absolute atomic E-state index is 13.2. The van der Waals surface area contributed by atoms with Crippen LogP contribution in [0.3, 0.4) is 0 Å². The highest BCUT2D eigenvalue weighted by Gasteiger charge is 2.47. The Kier molecular flexibility index (Phi) is 1.89. The van der Waals surface area contributed by atoms with Gasteiger partial charge in [-0.1, -0.05) is 6.07 Å². The Morgan fingerprint density at radius 1 is 1.40 bits per heavy atom. The SMILES string of the molecule is CN1C(=O)OC(F)(F)c2c(F)cccc21. The van der Waals surface area contributed by atoms with Crippen LogP contribution in [0.4, 0.5) is 23.7 Å². The van der Waals surface area contributed by atoms with Crippen molar-refractivity contribution in [2.45, 2.75) is 6.11 Å². The molecule has 3 nitrogen and oxygen atoms in total. The van der Waals surface area contributed by atoms with Gasteiger partial charge in [-0.15, -0.1) is 0 Å². The van der Waals surface area contributed by atoms with E-state index in [4.69, 9.17) is 0 Å². The molecule has 15 heavy (non-hydrogen) atoms. The Hall–Kier alpha value is -1.72. The van der Waals surface area contributed by atoms with E-state index < -0.39 is 23.6 Å². The van der Waals surface area contributed by atoms with Gasteiger partial charge in [0.25, 0.3) is 0 Å². The predicted octanol–water partition coefficient (Wildman–Crippen LogP) is 2.46. The summed E-state index contributed by atoms with van der Waals surface area (Å²) >= 11 is 0. The molecule has 0 bridgehead atoms. The number of fused-ring (bicyclic) bond motifs is 1. The summed E-state index contributed by atoms with van der Waals surface area (Å²) in [6, 6.07) is 3.37. The summed E-state index contributed by atoms with van der Waals surface area (Å²) in [4.78, 5) is 11.8. The quantitative estimate of drug-likeness (QED) is 0.668. The average Bonchev–Trinajstić information content (AvgIpc) is 2.13. The highest BCUT2D eigenvalue weighted by Crippen LogP contribution is 2.41. The van der Waals surface area contributed by atoms with Crippen molar-refractivity contribution < 1.29 is 22.7 Å². The van der Waals surface area contributed by atoms with Gasteiger partial charge in [-0.2, -0.15) is 8.78 Å². The second-order valence-electron chi connectivity index (χ2n) is 3.08. The number of halogens is 3. The third-order valence-electron chi connectivity index (χ3n) is 2.13. The number of rotatable bonds is 0. The number of benzene rings is 1. The Morgan fingerprint density at radius 2 is 2.07 bits per heavy atom. The molecule has 0 saturated carbocycles. The molecular weight excluding hydrogens is 211 g/mol. The van der Waals surface area contributed by atoms with Gasteiger partial charge in [0.15, 0.2) is 0 Å². The van der Waals surface area contributed by atoms with E-state index in [1.807, 2.05) is 0 Å². The molecule has 0 aliphatic carbocycles. The van der Waals surface area contributed by atoms with Crippen molar-refractivity contribution in [1.82, 2.24) is 0 Å². The van der Waals surface area contributed by atoms with E-state index in [1.54, 1.807) is 0 Å². The van der Waals surface area contributed by atoms with Crippen molar-refractivity contribution in [2.75, 3.05) is 11.9 Å². The van der Waals surface area contributed by atoms with Gasteiger partial charge in [-0.05, 0) is 12.1 Å². The Morgan fingerprint density at radius 3 is 2.73 bits per heavy atom. The van der Waals surface area contributed by atoms with E-state index in [0.29, 0.717) is 0 Å². The van der Waals surface area contributed by atoms with Crippen LogP contribution in [-0.4, -0.2) is 13.1 Å². The molecule has 1 aliphatic rings. The molecule has 1 aliphatic heterocycles. The summed E-state index contributed by atoms with van der Waals surface area (Å²) in [6.45, 7) is 0. The van der Waals surface area contributed by atoms with Crippen molar-refractivity contribution in [3.8, 4) is 0 Å². The van der Waals surface area contributed by atoms with Gasteiger partial charge in [0, 0.05) is 7.05 Å². The van der Waals surface area contributed by atoms with E-state index >= 15 is 0 Å². The second-order valence-corrected chi connectivity index (χ2v) is 3.08. The molecule has 0 saturated heterocycles. The number of hydrogen-bond acceptors (Lipinski definition) is 2. The number of cyclic esters (lactones) is 1. The summed E-state index contributed by atoms with van der Waals surface area (Å²) in [5.41, 5.74) is -1.09. The van der Waals surface area contributed by atoms with Gasteiger partial charge in [0.2, 0.25) is 0 Å². The highest BCUT2D eigenvalue weighted by molar-refractivity contribution is 5.90. The predicted molar refractivity (Wildman–Crippen MR) is 45.2 cm³/mol. The van der Waals surface area contributed by atoms with Gasteiger partial charge < -0.3 is 4.74 Å². The lowest BCUT2D eigenvalue weighted by molar-refractivity contribution is -0.210. The number of alkyl halides is 2. The van der Waals surface area contributed by atoms with Crippen molar-refractivity contribution in [2.24, 2.45) is 0 Å².